The summed E-state index contributed by atoms with van der Waals surface area (Å²) in [7, 11) is 1.83. The van der Waals surface area contributed by atoms with E-state index in [0.717, 1.165) is 16.8 Å². The van der Waals surface area contributed by atoms with Crippen LogP contribution in [0.5, 0.6) is 0 Å². The molecule has 4 rings (SSSR count). The van der Waals surface area contributed by atoms with Crippen LogP contribution in [0.2, 0.25) is 0 Å². The van der Waals surface area contributed by atoms with Crippen molar-refractivity contribution in [2.75, 3.05) is 5.32 Å². The van der Waals surface area contributed by atoms with Crippen molar-refractivity contribution in [2.24, 2.45) is 7.05 Å². The minimum atomic E-state index is -1.01. The Labute approximate surface area is 178 Å². The topological polar surface area (TPSA) is 97.4 Å². The average Bonchev–Trinajstić information content (AvgIpc) is 3.06. The van der Waals surface area contributed by atoms with Crippen LogP contribution in [0, 0.1) is 13.8 Å². The summed E-state index contributed by atoms with van der Waals surface area (Å²) in [6.45, 7) is 5.75. The van der Waals surface area contributed by atoms with Gasteiger partial charge >= 0.3 is 5.97 Å². The second kappa shape index (κ2) is 7.75. The summed E-state index contributed by atoms with van der Waals surface area (Å²) >= 11 is 0. The Hall–Kier alpha value is -3.87. The van der Waals surface area contributed by atoms with Gasteiger partial charge in [0.05, 0.1) is 17.0 Å². The maximum Gasteiger partial charge on any atom is 0.337 e. The smallest absolute Gasteiger partial charge is 0.337 e. The van der Waals surface area contributed by atoms with Crippen LogP contribution in [-0.2, 0) is 7.05 Å². The van der Waals surface area contributed by atoms with E-state index in [0.29, 0.717) is 28.1 Å². The Morgan fingerprint density at radius 1 is 1.16 bits per heavy atom. The predicted molar refractivity (Wildman–Crippen MR) is 120 cm³/mol. The number of fused-ring (bicyclic) bond motifs is 1. The third-order valence-corrected chi connectivity index (χ3v) is 5.36. The number of aryl methyl sites for hydroxylation is 3. The lowest BCUT2D eigenvalue weighted by atomic mass is 10.0. The number of carboxylic acid groups (broad SMARTS) is 1. The van der Waals surface area contributed by atoms with Crippen LogP contribution in [0.3, 0.4) is 0 Å². The highest BCUT2D eigenvalue weighted by atomic mass is 16.4. The third kappa shape index (κ3) is 3.82. The lowest BCUT2D eigenvalue weighted by Crippen LogP contribution is -2.12. The lowest BCUT2D eigenvalue weighted by Gasteiger charge is -2.19. The van der Waals surface area contributed by atoms with E-state index in [1.807, 2.05) is 40.0 Å². The van der Waals surface area contributed by atoms with Crippen molar-refractivity contribution in [3.05, 3.63) is 81.1 Å². The van der Waals surface area contributed by atoms with Crippen molar-refractivity contribution >= 4 is 22.6 Å². The molecule has 0 saturated heterocycles. The molecule has 2 aromatic carbocycles. The number of aromatic nitrogens is 2. The van der Waals surface area contributed by atoms with Crippen molar-refractivity contribution in [2.45, 2.75) is 26.8 Å². The zero-order chi connectivity index (χ0) is 22.3. The van der Waals surface area contributed by atoms with Gasteiger partial charge in [0.15, 0.2) is 11.2 Å². The van der Waals surface area contributed by atoms with Crippen LogP contribution in [0.25, 0.3) is 22.4 Å². The van der Waals surface area contributed by atoms with Gasteiger partial charge in [0.25, 0.3) is 0 Å². The number of para-hydroxylation sites is 1. The van der Waals surface area contributed by atoms with Crippen LogP contribution < -0.4 is 10.7 Å². The fourth-order valence-electron chi connectivity index (χ4n) is 3.67. The molecule has 31 heavy (non-hydrogen) atoms. The van der Waals surface area contributed by atoms with Gasteiger partial charge in [-0.2, -0.15) is 5.10 Å². The molecule has 0 fully saturated rings. The molecular weight excluding hydrogens is 394 g/mol. The Morgan fingerprint density at radius 2 is 1.90 bits per heavy atom. The summed E-state index contributed by atoms with van der Waals surface area (Å²) < 4.78 is 7.91. The van der Waals surface area contributed by atoms with E-state index < -0.39 is 5.97 Å². The number of nitrogens with one attached hydrogen (secondary N) is 1. The second-order valence-electron chi connectivity index (χ2n) is 7.72. The number of carboxylic acids is 1. The first kappa shape index (κ1) is 20.4. The molecule has 2 N–H and O–H groups in total. The van der Waals surface area contributed by atoms with Gasteiger partial charge in [-0.1, -0.05) is 18.2 Å². The normalized spacial score (nSPS) is 12.1. The Kier molecular flexibility index (Phi) is 5.10. The first-order valence-corrected chi connectivity index (χ1v) is 9.93. The highest BCUT2D eigenvalue weighted by molar-refractivity contribution is 5.94. The van der Waals surface area contributed by atoms with Crippen molar-refractivity contribution in [3.8, 4) is 11.5 Å². The summed E-state index contributed by atoms with van der Waals surface area (Å²) in [6.07, 6.45) is 0. The first-order chi connectivity index (χ1) is 14.7. The first-order valence-electron chi connectivity index (χ1n) is 9.93. The number of hydrogen-bond acceptors (Lipinski definition) is 5. The number of benzene rings is 2. The molecule has 2 aromatic heterocycles. The molecule has 0 aliphatic heterocycles. The highest BCUT2D eigenvalue weighted by Gasteiger charge is 2.19. The molecule has 0 spiro atoms. The fourth-order valence-corrected chi connectivity index (χ4v) is 3.67. The number of anilines is 1. The van der Waals surface area contributed by atoms with Crippen LogP contribution >= 0.6 is 0 Å². The SMILES string of the molecule is Cc1cc([C@@H](C)Nc2ccccc2C(=O)O)c2oc(-c3cc(C)n(C)n3)cc(=O)c2c1. The Balaban J connectivity index is 1.85. The summed E-state index contributed by atoms with van der Waals surface area (Å²) in [6, 6.07) is 13.5. The molecule has 0 saturated carbocycles. The molecule has 4 aromatic rings. The van der Waals surface area contributed by atoms with Gasteiger partial charge in [0.1, 0.15) is 11.3 Å². The molecule has 2 heterocycles. The van der Waals surface area contributed by atoms with Gasteiger partial charge in [-0.3, -0.25) is 9.48 Å². The van der Waals surface area contributed by atoms with Crippen LogP contribution in [0.15, 0.2) is 57.7 Å². The van der Waals surface area contributed by atoms with Crippen molar-refractivity contribution < 1.29 is 14.3 Å². The number of hydrogen-bond donors (Lipinski definition) is 2. The molecule has 7 heteroatoms. The van der Waals surface area contributed by atoms with Gasteiger partial charge in [0.2, 0.25) is 0 Å². The summed E-state index contributed by atoms with van der Waals surface area (Å²) in [5, 5.41) is 17.6. The molecule has 158 valence electrons. The van der Waals surface area contributed by atoms with Gasteiger partial charge in [0, 0.05) is 30.1 Å². The minimum absolute atomic E-state index is 0.150. The van der Waals surface area contributed by atoms with Gasteiger partial charge in [-0.25, -0.2) is 4.79 Å². The second-order valence-corrected chi connectivity index (χ2v) is 7.72. The van der Waals surface area contributed by atoms with Crippen molar-refractivity contribution in [1.82, 2.24) is 9.78 Å². The molecular formula is C24H23N3O4. The van der Waals surface area contributed by atoms with Crippen LogP contribution in [0.4, 0.5) is 5.69 Å². The van der Waals surface area contributed by atoms with Gasteiger partial charge < -0.3 is 14.8 Å². The molecule has 0 unspecified atom stereocenters. The third-order valence-electron chi connectivity index (χ3n) is 5.36. The maximum absolute atomic E-state index is 12.9. The molecule has 7 nitrogen and oxygen atoms in total. The van der Waals surface area contributed by atoms with Crippen molar-refractivity contribution in [3.63, 3.8) is 0 Å². The van der Waals surface area contributed by atoms with E-state index in [1.54, 1.807) is 35.0 Å². The highest BCUT2D eigenvalue weighted by Crippen LogP contribution is 2.31. The van der Waals surface area contributed by atoms with Crippen molar-refractivity contribution in [1.29, 1.82) is 0 Å². The zero-order valence-electron chi connectivity index (χ0n) is 17.8. The average molecular weight is 417 g/mol. The Morgan fingerprint density at radius 3 is 2.58 bits per heavy atom. The molecule has 0 radical (unpaired) electrons. The molecule has 0 aliphatic carbocycles. The number of nitrogens with zero attached hydrogens (tertiary/aromatic N) is 2. The monoisotopic (exact) mass is 417 g/mol. The van der Waals surface area contributed by atoms with E-state index >= 15 is 0 Å². The molecule has 0 aliphatic rings. The van der Waals surface area contributed by atoms with E-state index in [2.05, 4.69) is 10.4 Å². The zero-order valence-corrected chi connectivity index (χ0v) is 17.8. The number of aromatic carboxylic acids is 1. The maximum atomic E-state index is 12.9. The Bertz CT molecular complexity index is 1350. The van der Waals surface area contributed by atoms with Gasteiger partial charge in [-0.05, 0) is 50.6 Å². The largest absolute Gasteiger partial charge is 0.478 e. The van der Waals surface area contributed by atoms with E-state index in [-0.39, 0.29) is 17.0 Å². The fraction of sp³-hybridized carbons (Fsp3) is 0.208. The predicted octanol–water partition coefficient (Wildman–Crippen LogP) is 4.68. The minimum Gasteiger partial charge on any atom is -0.478 e. The molecule has 1 atom stereocenters. The van der Waals surface area contributed by atoms with E-state index in [1.165, 1.54) is 6.07 Å². The van der Waals surface area contributed by atoms with Gasteiger partial charge in [-0.15, -0.1) is 0 Å². The quantitative estimate of drug-likeness (QED) is 0.489. The summed E-state index contributed by atoms with van der Waals surface area (Å²) in [4.78, 5) is 24.5. The number of rotatable bonds is 5. The van der Waals surface area contributed by atoms with E-state index in [9.17, 15) is 14.7 Å². The number of carbonyl (C=O) groups is 1. The summed E-state index contributed by atoms with van der Waals surface area (Å²) in [5.74, 6) is -0.617. The standard InChI is InChI=1S/C24H23N3O4/c1-13-9-17(15(3)25-19-8-6-5-7-16(19)24(29)30)23-18(10-13)21(28)12-22(31-23)20-11-14(2)27(4)26-20/h5-12,15,25H,1-4H3,(H,29,30)/t15-/m1/s1. The summed E-state index contributed by atoms with van der Waals surface area (Å²) in [5.41, 5.74) is 4.20. The molecule has 0 amide bonds. The van der Waals surface area contributed by atoms with E-state index in [4.69, 9.17) is 4.42 Å². The van der Waals surface area contributed by atoms with Crippen LogP contribution in [-0.4, -0.2) is 20.9 Å². The van der Waals surface area contributed by atoms with Crippen LogP contribution in [0.1, 0.15) is 40.1 Å². The molecule has 0 bridgehead atoms. The lowest BCUT2D eigenvalue weighted by molar-refractivity contribution is 0.0698.